The van der Waals surface area contributed by atoms with Crippen LogP contribution in [0.25, 0.3) is 0 Å². The molecule has 1 unspecified atom stereocenters. The minimum Gasteiger partial charge on any atom is -0.373 e. The van der Waals surface area contributed by atoms with Crippen molar-refractivity contribution in [2.24, 2.45) is 11.8 Å². The van der Waals surface area contributed by atoms with E-state index in [1.807, 2.05) is 12.1 Å². The van der Waals surface area contributed by atoms with Crippen LogP contribution in [-0.2, 0) is 0 Å². The van der Waals surface area contributed by atoms with Crippen LogP contribution >= 0.6 is 0 Å². The molecule has 0 aliphatic carbocycles. The van der Waals surface area contributed by atoms with Gasteiger partial charge in [-0.05, 0) is 24.0 Å². The van der Waals surface area contributed by atoms with E-state index in [0.717, 1.165) is 0 Å². The van der Waals surface area contributed by atoms with E-state index in [1.165, 1.54) is 0 Å². The molecule has 1 heterocycles. The van der Waals surface area contributed by atoms with E-state index >= 15 is 0 Å². The molecule has 2 N–H and O–H groups in total. The first-order valence-electron chi connectivity index (χ1n) is 5.97. The molecule has 4 heteroatoms. The van der Waals surface area contributed by atoms with Crippen molar-refractivity contribution in [2.75, 3.05) is 18.9 Å². The molecule has 0 radical (unpaired) electrons. The molecule has 0 aliphatic heterocycles. The van der Waals surface area contributed by atoms with Gasteiger partial charge in [0.05, 0.1) is 0 Å². The molecule has 4 nitrogen and oxygen atoms in total. The van der Waals surface area contributed by atoms with Gasteiger partial charge in [-0.3, -0.25) is 4.79 Å². The monoisotopic (exact) mass is 235 g/mol. The van der Waals surface area contributed by atoms with Gasteiger partial charge >= 0.3 is 0 Å². The highest BCUT2D eigenvalue weighted by molar-refractivity contribution is 5.92. The fraction of sp³-hybridized carbons (Fsp3) is 0.538. The van der Waals surface area contributed by atoms with E-state index < -0.39 is 0 Å². The summed E-state index contributed by atoms with van der Waals surface area (Å²) in [6.07, 6.45) is 0. The summed E-state index contributed by atoms with van der Waals surface area (Å²) in [5, 5.41) is 5.82. The molecule has 1 atom stereocenters. The molecule has 0 aromatic carbocycles. The van der Waals surface area contributed by atoms with Gasteiger partial charge in [0.1, 0.15) is 11.5 Å². The van der Waals surface area contributed by atoms with Crippen LogP contribution in [0.2, 0.25) is 0 Å². The second kappa shape index (κ2) is 6.23. The summed E-state index contributed by atoms with van der Waals surface area (Å²) in [6, 6.07) is 5.36. The summed E-state index contributed by atoms with van der Waals surface area (Å²) in [6.45, 7) is 7.11. The second-order valence-corrected chi connectivity index (χ2v) is 4.59. The third-order valence-corrected chi connectivity index (χ3v) is 2.96. The number of amides is 1. The van der Waals surface area contributed by atoms with Crippen molar-refractivity contribution in [3.63, 3.8) is 0 Å². The fourth-order valence-corrected chi connectivity index (χ4v) is 1.28. The predicted octanol–water partition coefficient (Wildman–Crippen LogP) is 2.15. The first-order valence-corrected chi connectivity index (χ1v) is 5.97. The molecular weight excluding hydrogens is 214 g/mol. The summed E-state index contributed by atoms with van der Waals surface area (Å²) >= 11 is 0. The lowest BCUT2D eigenvalue weighted by atomic mass is 9.98. The minimum atomic E-state index is -0.116. The third kappa shape index (κ3) is 4.06. The number of rotatable bonds is 5. The minimum absolute atomic E-state index is 0.116. The van der Waals surface area contributed by atoms with Gasteiger partial charge in [0.25, 0.3) is 5.91 Å². The van der Waals surface area contributed by atoms with Crippen molar-refractivity contribution in [1.29, 1.82) is 0 Å². The maximum absolute atomic E-state index is 11.8. The Morgan fingerprint density at radius 3 is 2.65 bits per heavy atom. The number of carbonyl (C=O) groups excluding carboxylic acids is 1. The molecule has 1 rings (SSSR count). The van der Waals surface area contributed by atoms with E-state index in [1.54, 1.807) is 13.1 Å². The summed E-state index contributed by atoms with van der Waals surface area (Å²) in [7, 11) is 1.78. The van der Waals surface area contributed by atoms with E-state index in [0.29, 0.717) is 29.9 Å². The van der Waals surface area contributed by atoms with Crippen LogP contribution in [0.1, 0.15) is 31.3 Å². The number of hydrogen-bond acceptors (Lipinski definition) is 3. The van der Waals surface area contributed by atoms with Crippen molar-refractivity contribution in [1.82, 2.24) is 10.3 Å². The highest BCUT2D eigenvalue weighted by Crippen LogP contribution is 2.08. The van der Waals surface area contributed by atoms with E-state index in [-0.39, 0.29) is 5.91 Å². The fourth-order valence-electron chi connectivity index (χ4n) is 1.28. The zero-order chi connectivity index (χ0) is 12.8. The Morgan fingerprint density at radius 2 is 2.06 bits per heavy atom. The second-order valence-electron chi connectivity index (χ2n) is 4.59. The first-order chi connectivity index (χ1) is 8.04. The molecule has 1 amide bonds. The average Bonchev–Trinajstić information content (AvgIpc) is 2.35. The summed E-state index contributed by atoms with van der Waals surface area (Å²) in [5.41, 5.74) is 0.452. The maximum Gasteiger partial charge on any atom is 0.269 e. The SMILES string of the molecule is CNc1cccc(C(=O)NCC(C)C(C)C)n1. The highest BCUT2D eigenvalue weighted by atomic mass is 16.1. The number of carbonyl (C=O) groups is 1. The third-order valence-electron chi connectivity index (χ3n) is 2.96. The average molecular weight is 235 g/mol. The lowest BCUT2D eigenvalue weighted by Crippen LogP contribution is -2.30. The molecule has 17 heavy (non-hydrogen) atoms. The van der Waals surface area contributed by atoms with Gasteiger partial charge in [0.2, 0.25) is 0 Å². The molecule has 0 bridgehead atoms. The zero-order valence-electron chi connectivity index (χ0n) is 10.9. The van der Waals surface area contributed by atoms with Crippen LogP contribution in [0.3, 0.4) is 0 Å². The van der Waals surface area contributed by atoms with Gasteiger partial charge in [-0.1, -0.05) is 26.8 Å². The van der Waals surface area contributed by atoms with Crippen molar-refractivity contribution < 1.29 is 4.79 Å². The van der Waals surface area contributed by atoms with Crippen LogP contribution in [-0.4, -0.2) is 24.5 Å². The number of anilines is 1. The molecule has 0 saturated heterocycles. The molecule has 1 aromatic rings. The Balaban J connectivity index is 2.57. The molecule has 1 aromatic heterocycles. The Bertz CT molecular complexity index is 377. The van der Waals surface area contributed by atoms with Gasteiger partial charge in [-0.2, -0.15) is 0 Å². The Labute approximate surface area is 103 Å². The molecular formula is C13H21N3O. The number of aromatic nitrogens is 1. The molecule has 0 aliphatic rings. The number of hydrogen-bond donors (Lipinski definition) is 2. The van der Waals surface area contributed by atoms with Crippen LogP contribution in [0.15, 0.2) is 18.2 Å². The number of pyridine rings is 1. The van der Waals surface area contributed by atoms with Gasteiger partial charge < -0.3 is 10.6 Å². The molecule has 0 spiro atoms. The normalized spacial score (nSPS) is 12.3. The maximum atomic E-state index is 11.8. The van der Waals surface area contributed by atoms with Crippen LogP contribution < -0.4 is 10.6 Å². The lowest BCUT2D eigenvalue weighted by Gasteiger charge is -2.15. The van der Waals surface area contributed by atoms with Gasteiger partial charge in [0, 0.05) is 13.6 Å². The molecule has 0 fully saturated rings. The van der Waals surface area contributed by atoms with Crippen molar-refractivity contribution >= 4 is 11.7 Å². The van der Waals surface area contributed by atoms with Crippen LogP contribution in [0, 0.1) is 11.8 Å². The standard InChI is InChI=1S/C13H21N3O/c1-9(2)10(3)8-15-13(17)11-6-5-7-12(14-4)16-11/h5-7,9-10H,8H2,1-4H3,(H,14,16)(H,15,17). The van der Waals surface area contributed by atoms with Crippen molar-refractivity contribution in [2.45, 2.75) is 20.8 Å². The smallest absolute Gasteiger partial charge is 0.269 e. The summed E-state index contributed by atoms with van der Waals surface area (Å²) in [5.74, 6) is 1.61. The summed E-state index contributed by atoms with van der Waals surface area (Å²) in [4.78, 5) is 16.0. The van der Waals surface area contributed by atoms with Gasteiger partial charge in [-0.15, -0.1) is 0 Å². The molecule has 0 saturated carbocycles. The lowest BCUT2D eigenvalue weighted by molar-refractivity contribution is 0.0940. The Kier molecular flexibility index (Phi) is 4.94. The predicted molar refractivity (Wildman–Crippen MR) is 70.1 cm³/mol. The summed E-state index contributed by atoms with van der Waals surface area (Å²) < 4.78 is 0. The largest absolute Gasteiger partial charge is 0.373 e. The topological polar surface area (TPSA) is 54.0 Å². The van der Waals surface area contributed by atoms with E-state index in [9.17, 15) is 4.79 Å². The number of nitrogens with one attached hydrogen (secondary N) is 2. The van der Waals surface area contributed by atoms with E-state index in [4.69, 9.17) is 0 Å². The Morgan fingerprint density at radius 1 is 1.35 bits per heavy atom. The van der Waals surface area contributed by atoms with Crippen molar-refractivity contribution in [3.8, 4) is 0 Å². The quantitative estimate of drug-likeness (QED) is 0.822. The van der Waals surface area contributed by atoms with Crippen molar-refractivity contribution in [3.05, 3.63) is 23.9 Å². The van der Waals surface area contributed by atoms with Gasteiger partial charge in [0.15, 0.2) is 0 Å². The Hall–Kier alpha value is -1.58. The first kappa shape index (κ1) is 13.5. The highest BCUT2D eigenvalue weighted by Gasteiger charge is 2.11. The van der Waals surface area contributed by atoms with Crippen LogP contribution in [0.5, 0.6) is 0 Å². The zero-order valence-corrected chi connectivity index (χ0v) is 10.9. The van der Waals surface area contributed by atoms with E-state index in [2.05, 4.69) is 36.4 Å². The van der Waals surface area contributed by atoms with Gasteiger partial charge in [-0.25, -0.2) is 4.98 Å². The number of nitrogens with zero attached hydrogens (tertiary/aromatic N) is 1. The molecule has 94 valence electrons. The van der Waals surface area contributed by atoms with Crippen LogP contribution in [0.4, 0.5) is 5.82 Å².